The summed E-state index contributed by atoms with van der Waals surface area (Å²) in [4.78, 5) is 13.3. The van der Waals surface area contributed by atoms with Gasteiger partial charge in [0.05, 0.1) is 0 Å². The molecule has 0 saturated heterocycles. The largest absolute Gasteiger partial charge is 0.289 e. The highest BCUT2D eigenvalue weighted by Crippen LogP contribution is 2.40. The normalized spacial score (nSPS) is 12.3. The Balaban J connectivity index is 1.48. The van der Waals surface area contributed by atoms with E-state index in [2.05, 4.69) is 18.2 Å². The zero-order valence-electron chi connectivity index (χ0n) is 21.4. The molecule has 0 unspecified atom stereocenters. The van der Waals surface area contributed by atoms with Gasteiger partial charge in [-0.2, -0.15) is 0 Å². The van der Waals surface area contributed by atoms with Crippen molar-refractivity contribution in [3.05, 3.63) is 189 Å². The predicted molar refractivity (Wildman–Crippen MR) is 157 cm³/mol. The molecule has 5 aromatic carbocycles. The van der Waals surface area contributed by atoms with Crippen molar-refractivity contribution in [3.8, 4) is 0 Å². The highest BCUT2D eigenvalue weighted by molar-refractivity contribution is 6.30. The lowest BCUT2D eigenvalue weighted by molar-refractivity contribution is 0.103. The van der Waals surface area contributed by atoms with Crippen LogP contribution in [0.4, 0.5) is 8.78 Å². The van der Waals surface area contributed by atoms with Crippen molar-refractivity contribution in [2.24, 2.45) is 0 Å². The number of benzene rings is 5. The number of carbonyl (C=O) groups is 1. The maximum Gasteiger partial charge on any atom is 0.193 e. The average molecular weight is 545 g/mol. The van der Waals surface area contributed by atoms with Gasteiger partial charge in [0.2, 0.25) is 0 Å². The molecule has 1 nitrogen and oxygen atoms in total. The first kappa shape index (κ1) is 25.7. The van der Waals surface area contributed by atoms with Gasteiger partial charge in [-0.3, -0.25) is 4.79 Å². The monoisotopic (exact) mass is 544 g/mol. The standard InChI is InChI=1S/C36H23ClF2O/c37-30-13-6-26(7-14-30)36(40)27-12-19-33-28(20-27)21-29(35(33)25-4-2-1-3-5-25)22-34(23-8-15-31(38)16-9-23)24-10-17-32(39)18-11-24/h1-20,22H,21H2. The maximum atomic E-state index is 13.8. The van der Waals surface area contributed by atoms with E-state index in [9.17, 15) is 13.6 Å². The van der Waals surface area contributed by atoms with Crippen LogP contribution in [0.5, 0.6) is 0 Å². The van der Waals surface area contributed by atoms with Gasteiger partial charge in [-0.05, 0) is 112 Å². The Hall–Kier alpha value is -4.60. The summed E-state index contributed by atoms with van der Waals surface area (Å²) >= 11 is 6.02. The van der Waals surface area contributed by atoms with Crippen LogP contribution in [0.25, 0.3) is 11.1 Å². The molecule has 0 atom stereocenters. The number of rotatable bonds is 6. The molecule has 1 aliphatic rings. The molecule has 0 saturated carbocycles. The molecule has 5 aromatic rings. The van der Waals surface area contributed by atoms with E-state index in [-0.39, 0.29) is 17.4 Å². The molecule has 0 fully saturated rings. The number of hydrogen-bond donors (Lipinski definition) is 0. The van der Waals surface area contributed by atoms with E-state index in [4.69, 9.17) is 11.6 Å². The Kier molecular flexibility index (Phi) is 6.98. The molecule has 0 heterocycles. The van der Waals surface area contributed by atoms with Crippen molar-refractivity contribution in [1.29, 1.82) is 0 Å². The summed E-state index contributed by atoms with van der Waals surface area (Å²) in [7, 11) is 0. The molecule has 6 rings (SSSR count). The van der Waals surface area contributed by atoms with Gasteiger partial charge in [0.1, 0.15) is 11.6 Å². The third-order valence-electron chi connectivity index (χ3n) is 7.14. The predicted octanol–water partition coefficient (Wildman–Crippen LogP) is 9.34. The van der Waals surface area contributed by atoms with E-state index in [1.165, 1.54) is 24.3 Å². The van der Waals surface area contributed by atoms with Crippen LogP contribution in [0.2, 0.25) is 5.02 Å². The molecule has 0 radical (unpaired) electrons. The number of allylic oxidation sites excluding steroid dienone is 2. The van der Waals surface area contributed by atoms with Crippen LogP contribution in [0.1, 0.15) is 43.7 Å². The summed E-state index contributed by atoms with van der Waals surface area (Å²) in [6, 6.07) is 35.5. The Morgan fingerprint density at radius 3 is 1.80 bits per heavy atom. The van der Waals surface area contributed by atoms with E-state index < -0.39 is 0 Å². The zero-order chi connectivity index (χ0) is 27.6. The SMILES string of the molecule is O=C(c1ccc(Cl)cc1)c1ccc2c(c1)CC(C=C(c1ccc(F)cc1)c1ccc(F)cc1)=C2c1ccccc1. The first-order chi connectivity index (χ1) is 19.5. The molecule has 0 aliphatic heterocycles. The molecule has 0 bridgehead atoms. The van der Waals surface area contributed by atoms with Crippen LogP contribution < -0.4 is 0 Å². The van der Waals surface area contributed by atoms with Crippen LogP contribution in [0.15, 0.2) is 133 Å². The van der Waals surface area contributed by atoms with Crippen LogP contribution >= 0.6 is 11.6 Å². The lowest BCUT2D eigenvalue weighted by Crippen LogP contribution is -2.02. The van der Waals surface area contributed by atoms with Crippen LogP contribution in [-0.2, 0) is 6.42 Å². The molecular formula is C36H23ClF2O. The summed E-state index contributed by atoms with van der Waals surface area (Å²) in [5.41, 5.74) is 8.97. The minimum atomic E-state index is -0.322. The van der Waals surface area contributed by atoms with Crippen molar-refractivity contribution in [1.82, 2.24) is 0 Å². The van der Waals surface area contributed by atoms with Crippen LogP contribution in [0, 0.1) is 11.6 Å². The van der Waals surface area contributed by atoms with E-state index in [1.54, 1.807) is 48.5 Å². The molecule has 194 valence electrons. The second kappa shape index (κ2) is 10.9. The number of halogens is 3. The van der Waals surface area contributed by atoms with Crippen molar-refractivity contribution in [2.45, 2.75) is 6.42 Å². The van der Waals surface area contributed by atoms with Gasteiger partial charge >= 0.3 is 0 Å². The molecule has 4 heteroatoms. The second-order valence-corrected chi connectivity index (χ2v) is 10.2. The van der Waals surface area contributed by atoms with Crippen LogP contribution in [0.3, 0.4) is 0 Å². The molecule has 0 N–H and O–H groups in total. The molecule has 1 aliphatic carbocycles. The van der Waals surface area contributed by atoms with Gasteiger partial charge in [-0.15, -0.1) is 0 Å². The molecule has 0 amide bonds. The Bertz CT molecular complexity index is 1720. The summed E-state index contributed by atoms with van der Waals surface area (Å²) in [5, 5.41) is 0.580. The van der Waals surface area contributed by atoms with Crippen molar-refractivity contribution >= 4 is 28.5 Å². The smallest absolute Gasteiger partial charge is 0.193 e. The average Bonchev–Trinajstić information content (AvgIpc) is 3.35. The van der Waals surface area contributed by atoms with Gasteiger partial charge in [-0.1, -0.05) is 78.3 Å². The first-order valence-corrected chi connectivity index (χ1v) is 13.3. The molecule has 0 aromatic heterocycles. The quantitative estimate of drug-likeness (QED) is 0.195. The first-order valence-electron chi connectivity index (χ1n) is 12.9. The summed E-state index contributed by atoms with van der Waals surface area (Å²) in [6.45, 7) is 0. The molecule has 40 heavy (non-hydrogen) atoms. The van der Waals surface area contributed by atoms with E-state index in [1.807, 2.05) is 36.4 Å². The van der Waals surface area contributed by atoms with E-state index >= 15 is 0 Å². The molecule has 0 spiro atoms. The minimum Gasteiger partial charge on any atom is -0.289 e. The van der Waals surface area contributed by atoms with Gasteiger partial charge in [0.25, 0.3) is 0 Å². The third-order valence-corrected chi connectivity index (χ3v) is 7.39. The Morgan fingerprint density at radius 1 is 0.650 bits per heavy atom. The van der Waals surface area contributed by atoms with Gasteiger partial charge in [0.15, 0.2) is 5.78 Å². The van der Waals surface area contributed by atoms with Gasteiger partial charge in [0, 0.05) is 16.1 Å². The summed E-state index contributed by atoms with van der Waals surface area (Å²) in [5.74, 6) is -0.710. The lowest BCUT2D eigenvalue weighted by atomic mass is 9.92. The topological polar surface area (TPSA) is 17.1 Å². The van der Waals surface area contributed by atoms with Crippen molar-refractivity contribution in [2.75, 3.05) is 0 Å². The minimum absolute atomic E-state index is 0.0666. The van der Waals surface area contributed by atoms with E-state index in [0.29, 0.717) is 22.6 Å². The van der Waals surface area contributed by atoms with Gasteiger partial charge < -0.3 is 0 Å². The van der Waals surface area contributed by atoms with E-state index in [0.717, 1.165) is 44.5 Å². The number of hydrogen-bond acceptors (Lipinski definition) is 1. The zero-order valence-corrected chi connectivity index (χ0v) is 22.1. The Morgan fingerprint density at radius 2 is 1.20 bits per heavy atom. The summed E-state index contributed by atoms with van der Waals surface area (Å²) < 4.78 is 27.6. The van der Waals surface area contributed by atoms with Crippen molar-refractivity contribution in [3.63, 3.8) is 0 Å². The Labute approximate surface area is 236 Å². The fraction of sp³-hybridized carbons (Fsp3) is 0.0278. The third kappa shape index (κ3) is 5.16. The van der Waals surface area contributed by atoms with Crippen LogP contribution in [-0.4, -0.2) is 5.78 Å². The highest BCUT2D eigenvalue weighted by atomic mass is 35.5. The van der Waals surface area contributed by atoms with Crippen molar-refractivity contribution < 1.29 is 13.6 Å². The second-order valence-electron chi connectivity index (χ2n) is 9.72. The number of fused-ring (bicyclic) bond motifs is 1. The summed E-state index contributed by atoms with van der Waals surface area (Å²) in [6.07, 6.45) is 2.71. The fourth-order valence-corrected chi connectivity index (χ4v) is 5.32. The number of ketones is 1. The lowest BCUT2D eigenvalue weighted by Gasteiger charge is -2.12. The maximum absolute atomic E-state index is 13.8. The molecular weight excluding hydrogens is 522 g/mol. The van der Waals surface area contributed by atoms with Gasteiger partial charge in [-0.25, -0.2) is 8.78 Å². The highest BCUT2D eigenvalue weighted by Gasteiger charge is 2.24. The fourth-order valence-electron chi connectivity index (χ4n) is 5.19. The number of carbonyl (C=O) groups excluding carboxylic acids is 1.